The van der Waals surface area contributed by atoms with Crippen molar-refractivity contribution in [2.45, 2.75) is 17.9 Å². The largest absolute Gasteiger partial charge is 0.381 e. The number of hydrogen-bond acceptors (Lipinski definition) is 4. The molecule has 1 aromatic rings. The van der Waals surface area contributed by atoms with E-state index in [1.165, 1.54) is 0 Å². The molecule has 0 saturated carbocycles. The van der Waals surface area contributed by atoms with E-state index in [9.17, 15) is 8.42 Å². The molecule has 0 spiro atoms. The summed E-state index contributed by atoms with van der Waals surface area (Å²) in [6.45, 7) is 2.28. The predicted octanol–water partition coefficient (Wildman–Crippen LogP) is 1.37. The van der Waals surface area contributed by atoms with Gasteiger partial charge in [-0.15, -0.1) is 0 Å². The fraction of sp³-hybridized carbons (Fsp3) is 0.538. The lowest BCUT2D eigenvalue weighted by molar-refractivity contribution is 0.186. The monoisotopic (exact) mass is 318 g/mol. The molecule has 0 radical (unpaired) electrons. The molecule has 7 heteroatoms. The highest BCUT2D eigenvalue weighted by Crippen LogP contribution is 2.23. The van der Waals surface area contributed by atoms with E-state index >= 15 is 0 Å². The van der Waals surface area contributed by atoms with Crippen LogP contribution in [0.4, 0.5) is 0 Å². The minimum Gasteiger partial charge on any atom is -0.381 e. The van der Waals surface area contributed by atoms with Gasteiger partial charge in [0.2, 0.25) is 10.0 Å². The lowest BCUT2D eigenvalue weighted by Crippen LogP contribution is -2.30. The third kappa shape index (κ3) is 3.93. The second kappa shape index (κ2) is 6.87. The standard InChI is InChI=1S/C13H19ClN2O3S/c1-15-7-10-2-3-12(14)13(6-10)20(17,18)16-8-11-4-5-19-9-11/h2-3,6,11,15-16H,4-5,7-9H2,1H3. The van der Waals surface area contributed by atoms with Gasteiger partial charge in [-0.3, -0.25) is 0 Å². The Hall–Kier alpha value is -0.660. The fourth-order valence-electron chi connectivity index (χ4n) is 2.12. The van der Waals surface area contributed by atoms with Crippen molar-refractivity contribution >= 4 is 21.6 Å². The summed E-state index contributed by atoms with van der Waals surface area (Å²) < 4.78 is 32.5. The van der Waals surface area contributed by atoms with Gasteiger partial charge in [0.05, 0.1) is 11.6 Å². The zero-order valence-corrected chi connectivity index (χ0v) is 12.9. The maximum absolute atomic E-state index is 12.3. The SMILES string of the molecule is CNCc1ccc(Cl)c(S(=O)(=O)NCC2CCOC2)c1. The van der Waals surface area contributed by atoms with Crippen LogP contribution in [0.3, 0.4) is 0 Å². The Kier molecular flexibility index (Phi) is 5.40. The van der Waals surface area contributed by atoms with Crippen LogP contribution in [0.25, 0.3) is 0 Å². The molecule has 1 aliphatic heterocycles. The molecule has 112 valence electrons. The summed E-state index contributed by atoms with van der Waals surface area (Å²) in [7, 11) is -1.78. The Labute approximate surface area is 124 Å². The summed E-state index contributed by atoms with van der Waals surface area (Å²) in [5.74, 6) is 0.240. The van der Waals surface area contributed by atoms with Crippen LogP contribution in [0.1, 0.15) is 12.0 Å². The molecule has 5 nitrogen and oxygen atoms in total. The van der Waals surface area contributed by atoms with Crippen molar-refractivity contribution in [1.82, 2.24) is 10.0 Å². The van der Waals surface area contributed by atoms with Crippen molar-refractivity contribution in [2.24, 2.45) is 5.92 Å². The second-order valence-corrected chi connectivity index (χ2v) is 7.02. The van der Waals surface area contributed by atoms with Crippen LogP contribution in [0, 0.1) is 5.92 Å². The summed E-state index contributed by atoms with van der Waals surface area (Å²) in [4.78, 5) is 0.130. The Morgan fingerprint density at radius 3 is 2.90 bits per heavy atom. The molecule has 1 saturated heterocycles. The van der Waals surface area contributed by atoms with Crippen molar-refractivity contribution < 1.29 is 13.2 Å². The predicted molar refractivity (Wildman–Crippen MR) is 78.3 cm³/mol. The van der Waals surface area contributed by atoms with Gasteiger partial charge in [-0.1, -0.05) is 17.7 Å². The van der Waals surface area contributed by atoms with Crippen LogP contribution in [-0.4, -0.2) is 35.2 Å². The number of nitrogens with one attached hydrogen (secondary N) is 2. The maximum atomic E-state index is 12.3. The van der Waals surface area contributed by atoms with E-state index in [0.717, 1.165) is 12.0 Å². The Balaban J connectivity index is 2.12. The summed E-state index contributed by atoms with van der Waals surface area (Å²) in [5.41, 5.74) is 0.876. The van der Waals surface area contributed by atoms with E-state index < -0.39 is 10.0 Å². The van der Waals surface area contributed by atoms with Crippen molar-refractivity contribution in [2.75, 3.05) is 26.8 Å². The zero-order chi connectivity index (χ0) is 14.6. The molecule has 0 aliphatic carbocycles. The van der Waals surface area contributed by atoms with Gasteiger partial charge in [0, 0.05) is 19.7 Å². The van der Waals surface area contributed by atoms with Crippen molar-refractivity contribution in [1.29, 1.82) is 0 Å². The minimum atomic E-state index is -3.58. The number of halogens is 1. The number of rotatable bonds is 6. The molecule has 20 heavy (non-hydrogen) atoms. The average molecular weight is 319 g/mol. The van der Waals surface area contributed by atoms with Crippen LogP contribution < -0.4 is 10.0 Å². The highest BCUT2D eigenvalue weighted by molar-refractivity contribution is 7.89. The van der Waals surface area contributed by atoms with Gasteiger partial charge in [-0.2, -0.15) is 0 Å². The average Bonchev–Trinajstić information content (AvgIpc) is 2.92. The molecular weight excluding hydrogens is 300 g/mol. The Bertz CT molecular complexity index is 557. The van der Waals surface area contributed by atoms with Crippen LogP contribution in [0.2, 0.25) is 5.02 Å². The van der Waals surface area contributed by atoms with Crippen LogP contribution in [-0.2, 0) is 21.3 Å². The lowest BCUT2D eigenvalue weighted by Gasteiger charge is -2.12. The van der Waals surface area contributed by atoms with E-state index in [1.807, 2.05) is 6.07 Å². The van der Waals surface area contributed by atoms with Gasteiger partial charge in [0.1, 0.15) is 4.90 Å². The number of hydrogen-bond donors (Lipinski definition) is 2. The van der Waals surface area contributed by atoms with Crippen molar-refractivity contribution in [3.8, 4) is 0 Å². The van der Waals surface area contributed by atoms with E-state index in [1.54, 1.807) is 19.2 Å². The summed E-state index contributed by atoms with van der Waals surface area (Å²) in [5, 5.41) is 3.22. The van der Waals surface area contributed by atoms with Crippen molar-refractivity contribution in [3.05, 3.63) is 28.8 Å². The van der Waals surface area contributed by atoms with Crippen LogP contribution >= 0.6 is 11.6 Å². The zero-order valence-electron chi connectivity index (χ0n) is 11.4. The second-order valence-electron chi connectivity index (χ2n) is 4.88. The number of sulfonamides is 1. The molecule has 1 unspecified atom stereocenters. The first kappa shape index (κ1) is 15.7. The number of benzene rings is 1. The quantitative estimate of drug-likeness (QED) is 0.831. The Morgan fingerprint density at radius 1 is 1.45 bits per heavy atom. The molecule has 1 atom stereocenters. The van der Waals surface area contributed by atoms with Gasteiger partial charge in [0.15, 0.2) is 0 Å². The molecule has 1 fully saturated rings. The first-order valence-corrected chi connectivity index (χ1v) is 8.39. The van der Waals surface area contributed by atoms with E-state index in [-0.39, 0.29) is 15.8 Å². The molecular formula is C13H19ClN2O3S. The van der Waals surface area contributed by atoms with Gasteiger partial charge in [0.25, 0.3) is 0 Å². The van der Waals surface area contributed by atoms with E-state index in [0.29, 0.717) is 26.3 Å². The molecule has 0 aromatic heterocycles. The molecule has 1 aromatic carbocycles. The first-order valence-electron chi connectivity index (χ1n) is 6.53. The molecule has 0 amide bonds. The topological polar surface area (TPSA) is 67.4 Å². The lowest BCUT2D eigenvalue weighted by atomic mass is 10.1. The fourth-order valence-corrected chi connectivity index (χ4v) is 3.78. The van der Waals surface area contributed by atoms with E-state index in [2.05, 4.69) is 10.0 Å². The molecule has 0 bridgehead atoms. The first-order chi connectivity index (χ1) is 9.53. The van der Waals surface area contributed by atoms with E-state index in [4.69, 9.17) is 16.3 Å². The maximum Gasteiger partial charge on any atom is 0.242 e. The van der Waals surface area contributed by atoms with Crippen LogP contribution in [0.15, 0.2) is 23.1 Å². The van der Waals surface area contributed by atoms with Crippen molar-refractivity contribution in [3.63, 3.8) is 0 Å². The number of ether oxygens (including phenoxy) is 1. The molecule has 2 N–H and O–H groups in total. The van der Waals surface area contributed by atoms with Gasteiger partial charge >= 0.3 is 0 Å². The third-order valence-corrected chi connectivity index (χ3v) is 5.16. The highest BCUT2D eigenvalue weighted by Gasteiger charge is 2.22. The normalized spacial score (nSPS) is 19.4. The molecule has 2 rings (SSSR count). The molecule has 1 aliphatic rings. The minimum absolute atomic E-state index is 0.130. The summed E-state index contributed by atoms with van der Waals surface area (Å²) >= 11 is 6.01. The Morgan fingerprint density at radius 2 is 2.25 bits per heavy atom. The van der Waals surface area contributed by atoms with Gasteiger partial charge in [-0.25, -0.2) is 13.1 Å². The van der Waals surface area contributed by atoms with Crippen LogP contribution in [0.5, 0.6) is 0 Å². The smallest absolute Gasteiger partial charge is 0.242 e. The van der Waals surface area contributed by atoms with Gasteiger partial charge in [-0.05, 0) is 37.1 Å². The van der Waals surface area contributed by atoms with Gasteiger partial charge < -0.3 is 10.1 Å². The third-order valence-electron chi connectivity index (χ3n) is 3.25. The highest BCUT2D eigenvalue weighted by atomic mass is 35.5. The summed E-state index contributed by atoms with van der Waals surface area (Å²) in [6.07, 6.45) is 0.885. The molecule has 1 heterocycles. The summed E-state index contributed by atoms with van der Waals surface area (Å²) in [6, 6.07) is 5.02.